The van der Waals surface area contributed by atoms with Crippen molar-refractivity contribution in [1.29, 1.82) is 0 Å². The molecule has 0 radical (unpaired) electrons. The standard InChI is InChI=1S/C64H43N5O/c1-3-4-7-17-41(2)42-28-32-46(33-29-42)62-65-63(47-34-30-45(31-35-47)43-18-8-5-9-19-43)67-64(66-62)69-57-27-15-13-25-51(57)53-37-39-55-54-38-36-52-50-24-12-14-26-56(50)68(58(52)60(54)70-61(55)59(53)69)49-23-16-22-48(40-49)44-20-10-6-11-21-44/h3-40H,1H2,2H3/b7-4-,41-17+. The van der Waals surface area contributed by atoms with Gasteiger partial charge in [0.25, 0.3) is 0 Å². The molecule has 13 aromatic rings. The molecule has 6 nitrogen and oxygen atoms in total. The normalized spacial score (nSPS) is 12.2. The molecule has 70 heavy (non-hydrogen) atoms. The molecule has 0 atom stereocenters. The van der Waals surface area contributed by atoms with Gasteiger partial charge in [-0.15, -0.1) is 0 Å². The van der Waals surface area contributed by atoms with Crippen LogP contribution in [0, 0.1) is 0 Å². The van der Waals surface area contributed by atoms with Crippen molar-refractivity contribution < 1.29 is 4.42 Å². The van der Waals surface area contributed by atoms with Crippen LogP contribution in [0.5, 0.6) is 0 Å². The predicted octanol–water partition coefficient (Wildman–Crippen LogP) is 16.8. The van der Waals surface area contributed by atoms with Gasteiger partial charge in [-0.05, 0) is 76.7 Å². The Morgan fingerprint density at radius 1 is 0.429 bits per heavy atom. The van der Waals surface area contributed by atoms with Crippen LogP contribution in [0.4, 0.5) is 0 Å². The van der Waals surface area contributed by atoms with E-state index in [1.807, 2.05) is 18.2 Å². The Kier molecular flexibility index (Phi) is 9.77. The Morgan fingerprint density at radius 2 is 0.914 bits per heavy atom. The van der Waals surface area contributed by atoms with Crippen LogP contribution in [0.3, 0.4) is 0 Å². The smallest absolute Gasteiger partial charge is 0.238 e. The van der Waals surface area contributed by atoms with Crippen LogP contribution in [-0.4, -0.2) is 24.1 Å². The van der Waals surface area contributed by atoms with E-state index in [4.69, 9.17) is 19.4 Å². The Hall–Kier alpha value is -9.39. The molecular formula is C64H43N5O. The molecule has 4 heterocycles. The SMILES string of the molecule is C=C/C=C\C=C(/C)c1ccc(-c2nc(-c3ccc(-c4ccccc4)cc3)nc(-n3c4ccccc4c4ccc5c6ccc7c8ccccc8n(-c8cccc(-c9ccccc9)c8)c7c6oc5c43)n2)cc1. The van der Waals surface area contributed by atoms with Crippen molar-refractivity contribution in [3.63, 3.8) is 0 Å². The van der Waals surface area contributed by atoms with Crippen LogP contribution in [-0.2, 0) is 0 Å². The monoisotopic (exact) mass is 897 g/mol. The summed E-state index contributed by atoms with van der Waals surface area (Å²) in [5, 5.41) is 6.45. The average Bonchev–Trinajstić information content (AvgIpc) is 4.10. The molecule has 0 aliphatic rings. The molecule has 0 aliphatic carbocycles. The highest BCUT2D eigenvalue weighted by Gasteiger charge is 2.25. The Labute approximate surface area is 404 Å². The minimum atomic E-state index is 0.498. The number of furan rings is 1. The van der Waals surface area contributed by atoms with Crippen molar-refractivity contribution in [1.82, 2.24) is 24.1 Å². The number of nitrogens with zero attached hydrogens (tertiary/aromatic N) is 5. The van der Waals surface area contributed by atoms with E-state index in [2.05, 4.69) is 229 Å². The minimum absolute atomic E-state index is 0.498. The van der Waals surface area contributed by atoms with Gasteiger partial charge in [0.15, 0.2) is 22.8 Å². The molecule has 0 N–H and O–H groups in total. The largest absolute Gasteiger partial charge is 0.452 e. The number of hydrogen-bond acceptors (Lipinski definition) is 4. The van der Waals surface area contributed by atoms with Gasteiger partial charge < -0.3 is 8.98 Å². The summed E-state index contributed by atoms with van der Waals surface area (Å²) in [5.41, 5.74) is 15.2. The Bertz CT molecular complexity index is 4230. The first-order valence-corrected chi connectivity index (χ1v) is 23.5. The molecule has 0 bridgehead atoms. The zero-order chi connectivity index (χ0) is 46.7. The maximum absolute atomic E-state index is 7.40. The minimum Gasteiger partial charge on any atom is -0.452 e. The fourth-order valence-electron chi connectivity index (χ4n) is 10.1. The summed E-state index contributed by atoms with van der Waals surface area (Å²) in [6.45, 7) is 5.91. The molecule has 0 spiro atoms. The molecule has 9 aromatic carbocycles. The summed E-state index contributed by atoms with van der Waals surface area (Å²) in [4.78, 5) is 15.9. The number of hydrogen-bond donors (Lipinski definition) is 0. The van der Waals surface area contributed by atoms with Gasteiger partial charge in [-0.1, -0.05) is 201 Å². The summed E-state index contributed by atoms with van der Waals surface area (Å²) >= 11 is 0. The molecule has 0 unspecified atom stereocenters. The second kappa shape index (κ2) is 16.7. The Morgan fingerprint density at radius 3 is 1.53 bits per heavy atom. The Balaban J connectivity index is 1.06. The van der Waals surface area contributed by atoms with Crippen molar-refractivity contribution in [2.45, 2.75) is 6.92 Å². The first kappa shape index (κ1) is 40.8. The van der Waals surface area contributed by atoms with Gasteiger partial charge in [-0.3, -0.25) is 4.57 Å². The summed E-state index contributed by atoms with van der Waals surface area (Å²) in [6, 6.07) is 72.6. The van der Waals surface area contributed by atoms with E-state index in [1.54, 1.807) is 6.08 Å². The number of benzene rings is 9. The van der Waals surface area contributed by atoms with E-state index in [-0.39, 0.29) is 0 Å². The van der Waals surface area contributed by atoms with Crippen LogP contribution < -0.4 is 0 Å². The van der Waals surface area contributed by atoms with Gasteiger partial charge in [0.05, 0.1) is 16.6 Å². The molecule has 0 fully saturated rings. The molecule has 0 saturated heterocycles. The molecule has 330 valence electrons. The van der Waals surface area contributed by atoms with Crippen molar-refractivity contribution in [3.8, 4) is 56.7 Å². The number of aromatic nitrogens is 5. The second-order valence-electron chi connectivity index (χ2n) is 17.7. The third-order valence-electron chi connectivity index (χ3n) is 13.6. The number of allylic oxidation sites excluding steroid dienone is 5. The quantitative estimate of drug-likeness (QED) is 0.135. The van der Waals surface area contributed by atoms with Crippen LogP contribution in [0.15, 0.2) is 242 Å². The summed E-state index contributed by atoms with van der Waals surface area (Å²) < 4.78 is 11.9. The van der Waals surface area contributed by atoms with E-state index < -0.39 is 0 Å². The van der Waals surface area contributed by atoms with Crippen LogP contribution in [0.25, 0.3) is 128 Å². The molecule has 6 heteroatoms. The van der Waals surface area contributed by atoms with Gasteiger partial charge in [-0.2, -0.15) is 9.97 Å². The zero-order valence-electron chi connectivity index (χ0n) is 38.3. The maximum atomic E-state index is 7.40. The molecule has 13 rings (SSSR count). The van der Waals surface area contributed by atoms with Crippen molar-refractivity contribution in [3.05, 3.63) is 243 Å². The first-order chi connectivity index (χ1) is 34.6. The van der Waals surface area contributed by atoms with Crippen LogP contribution >= 0.6 is 0 Å². The lowest BCUT2D eigenvalue weighted by atomic mass is 10.0. The van der Waals surface area contributed by atoms with Crippen LogP contribution in [0.2, 0.25) is 0 Å². The van der Waals surface area contributed by atoms with Gasteiger partial charge in [0.1, 0.15) is 5.52 Å². The van der Waals surface area contributed by atoms with E-state index >= 15 is 0 Å². The first-order valence-electron chi connectivity index (χ1n) is 23.5. The third kappa shape index (κ3) is 6.76. The van der Waals surface area contributed by atoms with Crippen molar-refractivity contribution >= 4 is 71.1 Å². The predicted molar refractivity (Wildman–Crippen MR) is 291 cm³/mol. The average molecular weight is 898 g/mol. The molecular weight excluding hydrogens is 855 g/mol. The highest BCUT2D eigenvalue weighted by molar-refractivity contribution is 6.26. The van der Waals surface area contributed by atoms with E-state index in [1.165, 1.54) is 5.56 Å². The molecule has 0 saturated carbocycles. The van der Waals surface area contributed by atoms with E-state index in [0.29, 0.717) is 17.6 Å². The summed E-state index contributed by atoms with van der Waals surface area (Å²) in [6.07, 6.45) is 7.80. The topological polar surface area (TPSA) is 61.7 Å². The molecule has 0 amide bonds. The van der Waals surface area contributed by atoms with Crippen molar-refractivity contribution in [2.75, 3.05) is 0 Å². The van der Waals surface area contributed by atoms with Gasteiger partial charge >= 0.3 is 0 Å². The lowest BCUT2D eigenvalue weighted by Gasteiger charge is -2.12. The number of para-hydroxylation sites is 2. The highest BCUT2D eigenvalue weighted by Crippen LogP contribution is 2.44. The lowest BCUT2D eigenvalue weighted by Crippen LogP contribution is -2.06. The molecule has 4 aromatic heterocycles. The zero-order valence-corrected chi connectivity index (χ0v) is 38.3. The maximum Gasteiger partial charge on any atom is 0.238 e. The third-order valence-corrected chi connectivity index (χ3v) is 13.6. The second-order valence-corrected chi connectivity index (χ2v) is 17.7. The van der Waals surface area contributed by atoms with Crippen LogP contribution in [0.1, 0.15) is 12.5 Å². The molecule has 0 aliphatic heterocycles. The number of fused-ring (bicyclic) bond motifs is 11. The van der Waals surface area contributed by atoms with Gasteiger partial charge in [0.2, 0.25) is 5.95 Å². The van der Waals surface area contributed by atoms with Crippen molar-refractivity contribution in [2.24, 2.45) is 0 Å². The fraction of sp³-hybridized carbons (Fsp3) is 0.0156. The summed E-state index contributed by atoms with van der Waals surface area (Å²) in [5.74, 6) is 1.64. The van der Waals surface area contributed by atoms with Gasteiger partial charge in [0, 0.05) is 49.1 Å². The number of rotatable bonds is 9. The van der Waals surface area contributed by atoms with Gasteiger partial charge in [-0.25, -0.2) is 4.98 Å². The lowest BCUT2D eigenvalue weighted by molar-refractivity contribution is 0.673. The highest BCUT2D eigenvalue weighted by atomic mass is 16.3. The van der Waals surface area contributed by atoms with E-state index in [9.17, 15) is 0 Å². The van der Waals surface area contributed by atoms with E-state index in [0.717, 1.165) is 110 Å². The summed E-state index contributed by atoms with van der Waals surface area (Å²) in [7, 11) is 0. The fourth-order valence-corrected chi connectivity index (χ4v) is 10.1.